The molecular weight excluding hydrogens is 164 g/mol. The summed E-state index contributed by atoms with van der Waals surface area (Å²) >= 11 is 0. The molecule has 0 spiro atoms. The van der Waals surface area contributed by atoms with Crippen LogP contribution in [0.2, 0.25) is 0 Å². The molecule has 1 aliphatic rings. The second-order valence-electron chi connectivity index (χ2n) is 3.83. The van der Waals surface area contributed by atoms with Crippen LogP contribution in [0.3, 0.4) is 0 Å². The van der Waals surface area contributed by atoms with E-state index in [1.807, 2.05) is 0 Å². The molecule has 0 aromatic rings. The molecule has 0 saturated heterocycles. The van der Waals surface area contributed by atoms with Gasteiger partial charge < -0.3 is 4.79 Å². The van der Waals surface area contributed by atoms with E-state index in [2.05, 4.69) is 6.92 Å². The number of carbonyl (C=O) groups excluding carboxylic acids is 2. The quantitative estimate of drug-likeness (QED) is 0.667. The smallest absolute Gasteiger partial charge is 0.155 e. The normalized spacial score (nSPS) is 22.8. The first-order chi connectivity index (χ1) is 6.09. The molecule has 0 bridgehead atoms. The highest BCUT2D eigenvalue weighted by atomic mass is 16.1. The Kier molecular flexibility index (Phi) is 3.40. The Morgan fingerprint density at radius 2 is 2.31 bits per heavy atom. The van der Waals surface area contributed by atoms with Crippen LogP contribution < -0.4 is 0 Å². The van der Waals surface area contributed by atoms with Crippen molar-refractivity contribution < 1.29 is 9.59 Å². The molecule has 1 atom stereocenters. The lowest BCUT2D eigenvalue weighted by atomic mass is 9.86. The Balaban J connectivity index is 2.55. The van der Waals surface area contributed by atoms with Crippen LogP contribution >= 0.6 is 0 Å². The molecule has 0 unspecified atom stereocenters. The fraction of sp³-hybridized carbons (Fsp3) is 0.636. The zero-order valence-corrected chi connectivity index (χ0v) is 8.30. The van der Waals surface area contributed by atoms with Crippen molar-refractivity contribution in [3.63, 3.8) is 0 Å². The minimum absolute atomic E-state index is 0.200. The van der Waals surface area contributed by atoms with Gasteiger partial charge in [-0.3, -0.25) is 4.79 Å². The van der Waals surface area contributed by atoms with E-state index in [9.17, 15) is 9.59 Å². The summed E-state index contributed by atoms with van der Waals surface area (Å²) in [5.74, 6) is 0.903. The van der Waals surface area contributed by atoms with E-state index < -0.39 is 0 Å². The molecule has 0 heterocycles. The number of allylic oxidation sites excluding steroid dienone is 2. The van der Waals surface area contributed by atoms with Gasteiger partial charge in [-0.15, -0.1) is 0 Å². The van der Waals surface area contributed by atoms with Crippen molar-refractivity contribution in [2.75, 3.05) is 0 Å². The molecule has 0 aromatic carbocycles. The molecule has 0 fully saturated rings. The summed E-state index contributed by atoms with van der Waals surface area (Å²) in [4.78, 5) is 21.9. The van der Waals surface area contributed by atoms with E-state index in [1.165, 1.54) is 0 Å². The van der Waals surface area contributed by atoms with E-state index in [0.717, 1.165) is 18.4 Å². The molecule has 72 valence electrons. The topological polar surface area (TPSA) is 34.1 Å². The lowest BCUT2D eigenvalue weighted by molar-refractivity contribution is -0.117. The van der Waals surface area contributed by atoms with Gasteiger partial charge in [-0.25, -0.2) is 0 Å². The third-order valence-electron chi connectivity index (χ3n) is 2.57. The Morgan fingerprint density at radius 3 is 2.92 bits per heavy atom. The Bertz CT molecular complexity index is 251. The summed E-state index contributed by atoms with van der Waals surface area (Å²) in [5.41, 5.74) is 1.16. The van der Waals surface area contributed by atoms with Crippen molar-refractivity contribution in [2.45, 2.75) is 39.5 Å². The van der Waals surface area contributed by atoms with E-state index in [-0.39, 0.29) is 11.6 Å². The first kappa shape index (κ1) is 10.2. The summed E-state index contributed by atoms with van der Waals surface area (Å²) < 4.78 is 0. The van der Waals surface area contributed by atoms with Gasteiger partial charge in [-0.1, -0.05) is 12.5 Å². The van der Waals surface area contributed by atoms with Crippen molar-refractivity contribution in [3.8, 4) is 0 Å². The van der Waals surface area contributed by atoms with Crippen LogP contribution in [0.1, 0.15) is 39.5 Å². The van der Waals surface area contributed by atoms with E-state index in [1.54, 1.807) is 13.0 Å². The van der Waals surface area contributed by atoms with E-state index >= 15 is 0 Å². The molecule has 2 heteroatoms. The SMILES string of the molecule is CC(=O)CCC1=CC(=O)CC[C@H]1C. The summed E-state index contributed by atoms with van der Waals surface area (Å²) in [6, 6.07) is 0. The lowest BCUT2D eigenvalue weighted by Crippen LogP contribution is -2.12. The third-order valence-corrected chi connectivity index (χ3v) is 2.57. The molecule has 0 aliphatic heterocycles. The van der Waals surface area contributed by atoms with Crippen LogP contribution in [0.15, 0.2) is 11.6 Å². The molecule has 1 aliphatic carbocycles. The summed E-state index contributed by atoms with van der Waals surface area (Å²) in [5, 5.41) is 0. The van der Waals surface area contributed by atoms with Gasteiger partial charge >= 0.3 is 0 Å². The second-order valence-corrected chi connectivity index (χ2v) is 3.83. The molecule has 0 saturated carbocycles. The van der Waals surface area contributed by atoms with Crippen molar-refractivity contribution in [2.24, 2.45) is 5.92 Å². The van der Waals surface area contributed by atoms with E-state index in [4.69, 9.17) is 0 Å². The lowest BCUT2D eigenvalue weighted by Gasteiger charge is -2.19. The standard InChI is InChI=1S/C11H16O2/c1-8-3-6-11(13)7-10(8)5-4-9(2)12/h7-8H,3-6H2,1-2H3/t8-/m1/s1. The molecule has 0 radical (unpaired) electrons. The Labute approximate surface area is 79.0 Å². The summed E-state index contributed by atoms with van der Waals surface area (Å²) in [6.07, 6.45) is 4.69. The number of Topliss-reactive ketones (excluding diaryl/α,β-unsaturated/α-hetero) is 1. The Morgan fingerprint density at radius 1 is 1.62 bits per heavy atom. The van der Waals surface area contributed by atoms with Crippen molar-refractivity contribution in [1.82, 2.24) is 0 Å². The average Bonchev–Trinajstić information content (AvgIpc) is 2.06. The fourth-order valence-electron chi connectivity index (χ4n) is 1.60. The van der Waals surface area contributed by atoms with Gasteiger partial charge in [0.15, 0.2) is 5.78 Å². The largest absolute Gasteiger partial charge is 0.300 e. The fourth-order valence-corrected chi connectivity index (χ4v) is 1.60. The highest BCUT2D eigenvalue weighted by Crippen LogP contribution is 2.25. The van der Waals surface area contributed by atoms with Crippen LogP contribution in [0.5, 0.6) is 0 Å². The predicted octanol–water partition coefficient (Wildman–Crippen LogP) is 2.28. The van der Waals surface area contributed by atoms with Gasteiger partial charge in [0.1, 0.15) is 5.78 Å². The highest BCUT2D eigenvalue weighted by Gasteiger charge is 2.17. The van der Waals surface area contributed by atoms with E-state index in [0.29, 0.717) is 18.8 Å². The predicted molar refractivity (Wildman–Crippen MR) is 51.4 cm³/mol. The van der Waals surface area contributed by atoms with Gasteiger partial charge in [-0.05, 0) is 31.8 Å². The van der Waals surface area contributed by atoms with Gasteiger partial charge in [-0.2, -0.15) is 0 Å². The minimum Gasteiger partial charge on any atom is -0.300 e. The zero-order valence-electron chi connectivity index (χ0n) is 8.30. The molecular formula is C11H16O2. The monoisotopic (exact) mass is 180 g/mol. The molecule has 0 aromatic heterocycles. The number of ketones is 2. The van der Waals surface area contributed by atoms with Gasteiger partial charge in [0, 0.05) is 12.8 Å². The number of carbonyl (C=O) groups is 2. The summed E-state index contributed by atoms with van der Waals surface area (Å²) in [7, 11) is 0. The maximum Gasteiger partial charge on any atom is 0.155 e. The summed E-state index contributed by atoms with van der Waals surface area (Å²) in [6.45, 7) is 3.72. The van der Waals surface area contributed by atoms with Crippen LogP contribution in [0.25, 0.3) is 0 Å². The minimum atomic E-state index is 0.200. The van der Waals surface area contributed by atoms with Crippen LogP contribution in [-0.4, -0.2) is 11.6 Å². The van der Waals surface area contributed by atoms with Crippen molar-refractivity contribution in [3.05, 3.63) is 11.6 Å². The maximum absolute atomic E-state index is 11.1. The molecule has 0 amide bonds. The number of hydrogen-bond donors (Lipinski definition) is 0. The third kappa shape index (κ3) is 3.13. The van der Waals surface area contributed by atoms with Crippen LogP contribution in [0, 0.1) is 5.92 Å². The first-order valence-corrected chi connectivity index (χ1v) is 4.82. The first-order valence-electron chi connectivity index (χ1n) is 4.82. The zero-order chi connectivity index (χ0) is 9.84. The van der Waals surface area contributed by atoms with Gasteiger partial charge in [0.2, 0.25) is 0 Å². The van der Waals surface area contributed by atoms with Gasteiger partial charge in [0.05, 0.1) is 0 Å². The van der Waals surface area contributed by atoms with Gasteiger partial charge in [0.25, 0.3) is 0 Å². The van der Waals surface area contributed by atoms with Crippen molar-refractivity contribution in [1.29, 1.82) is 0 Å². The average molecular weight is 180 g/mol. The highest BCUT2D eigenvalue weighted by molar-refractivity contribution is 5.91. The maximum atomic E-state index is 11.1. The van der Waals surface area contributed by atoms with Crippen LogP contribution in [0.4, 0.5) is 0 Å². The molecule has 13 heavy (non-hydrogen) atoms. The molecule has 1 rings (SSSR count). The molecule has 2 nitrogen and oxygen atoms in total. The number of hydrogen-bond acceptors (Lipinski definition) is 2. The van der Waals surface area contributed by atoms with Crippen molar-refractivity contribution >= 4 is 11.6 Å². The van der Waals surface area contributed by atoms with Crippen LogP contribution in [-0.2, 0) is 9.59 Å². The molecule has 0 N–H and O–H groups in total. The second kappa shape index (κ2) is 4.35. The number of rotatable bonds is 3. The Hall–Kier alpha value is -0.920.